The lowest BCUT2D eigenvalue weighted by atomic mass is 10.0. The van der Waals surface area contributed by atoms with Crippen LogP contribution < -0.4 is 0 Å². The van der Waals surface area contributed by atoms with E-state index in [2.05, 4.69) is 6.92 Å². The molecule has 3 heteroatoms. The van der Waals surface area contributed by atoms with Gasteiger partial charge in [0.25, 0.3) is 0 Å². The summed E-state index contributed by atoms with van der Waals surface area (Å²) < 4.78 is 0. The molecule has 0 spiro atoms. The first kappa shape index (κ1) is 25.5. The molecule has 166 valence electrons. The zero-order valence-electron chi connectivity index (χ0n) is 18.8. The zero-order chi connectivity index (χ0) is 21.2. The SMILES string of the molecule is CCCCCCCCCCCCCCCCCCCC(=O)c1ccc(O)c(O)c1. The van der Waals surface area contributed by atoms with E-state index in [1.807, 2.05) is 0 Å². The molecule has 0 saturated heterocycles. The Kier molecular flexibility index (Phi) is 15.3. The van der Waals surface area contributed by atoms with Crippen molar-refractivity contribution in [1.82, 2.24) is 0 Å². The van der Waals surface area contributed by atoms with Gasteiger partial charge in [-0.1, -0.05) is 110 Å². The Morgan fingerprint density at radius 1 is 0.621 bits per heavy atom. The first-order valence-corrected chi connectivity index (χ1v) is 12.2. The molecule has 0 atom stereocenters. The van der Waals surface area contributed by atoms with Crippen molar-refractivity contribution in [2.45, 2.75) is 122 Å². The first-order chi connectivity index (χ1) is 14.1. The Labute approximate surface area is 178 Å². The average molecular weight is 405 g/mol. The van der Waals surface area contributed by atoms with Gasteiger partial charge in [-0.2, -0.15) is 0 Å². The summed E-state index contributed by atoms with van der Waals surface area (Å²) in [5.41, 5.74) is 0.483. The van der Waals surface area contributed by atoms with Crippen LogP contribution in [0.2, 0.25) is 0 Å². The van der Waals surface area contributed by atoms with Crippen molar-refractivity contribution in [2.75, 3.05) is 0 Å². The Hall–Kier alpha value is -1.51. The van der Waals surface area contributed by atoms with Crippen LogP contribution in [0.5, 0.6) is 11.5 Å². The zero-order valence-corrected chi connectivity index (χ0v) is 18.8. The van der Waals surface area contributed by atoms with Gasteiger partial charge in [0.1, 0.15) is 0 Å². The summed E-state index contributed by atoms with van der Waals surface area (Å²) in [6, 6.07) is 4.30. The molecular weight excluding hydrogens is 360 g/mol. The second-order valence-corrected chi connectivity index (χ2v) is 8.53. The van der Waals surface area contributed by atoms with Crippen LogP contribution in [0.25, 0.3) is 0 Å². The molecular formula is C26H44O3. The summed E-state index contributed by atoms with van der Waals surface area (Å²) in [5.74, 6) is -0.362. The Balaban J connectivity index is 1.83. The molecule has 0 bridgehead atoms. The van der Waals surface area contributed by atoms with Gasteiger partial charge in [-0.3, -0.25) is 4.79 Å². The monoisotopic (exact) mass is 404 g/mol. The van der Waals surface area contributed by atoms with E-state index in [9.17, 15) is 15.0 Å². The molecule has 0 aliphatic heterocycles. The predicted molar refractivity (Wildman–Crippen MR) is 123 cm³/mol. The number of aromatic hydroxyl groups is 2. The smallest absolute Gasteiger partial charge is 0.163 e. The quantitative estimate of drug-likeness (QED) is 0.138. The lowest BCUT2D eigenvalue weighted by molar-refractivity contribution is 0.0978. The summed E-state index contributed by atoms with van der Waals surface area (Å²) >= 11 is 0. The first-order valence-electron chi connectivity index (χ1n) is 12.2. The van der Waals surface area contributed by atoms with Gasteiger partial charge in [0.05, 0.1) is 0 Å². The Morgan fingerprint density at radius 3 is 1.45 bits per heavy atom. The number of carbonyl (C=O) groups excluding carboxylic acids is 1. The van der Waals surface area contributed by atoms with Crippen molar-refractivity contribution >= 4 is 5.78 Å². The van der Waals surface area contributed by atoms with Gasteiger partial charge in [-0.25, -0.2) is 0 Å². The van der Waals surface area contributed by atoms with Crippen molar-refractivity contribution < 1.29 is 15.0 Å². The van der Waals surface area contributed by atoms with Crippen LogP contribution in [0.3, 0.4) is 0 Å². The van der Waals surface area contributed by atoms with Gasteiger partial charge in [-0.05, 0) is 24.6 Å². The number of unbranched alkanes of at least 4 members (excludes halogenated alkanes) is 16. The van der Waals surface area contributed by atoms with Gasteiger partial charge in [0.2, 0.25) is 0 Å². The summed E-state index contributed by atoms with van der Waals surface area (Å²) in [6.07, 6.45) is 23.1. The number of rotatable bonds is 19. The number of phenolic OH excluding ortho intramolecular Hbond substituents is 2. The molecule has 0 aliphatic carbocycles. The van der Waals surface area contributed by atoms with E-state index in [4.69, 9.17) is 0 Å². The molecule has 1 aromatic rings. The summed E-state index contributed by atoms with van der Waals surface area (Å²) in [6.45, 7) is 2.27. The normalized spacial score (nSPS) is 11.1. The largest absolute Gasteiger partial charge is 0.504 e. The number of Topliss-reactive ketones (excluding diaryl/α,β-unsaturated/α-hetero) is 1. The molecule has 3 nitrogen and oxygen atoms in total. The van der Waals surface area contributed by atoms with E-state index in [0.717, 1.165) is 12.8 Å². The van der Waals surface area contributed by atoms with Gasteiger partial charge in [0.15, 0.2) is 17.3 Å². The highest BCUT2D eigenvalue weighted by atomic mass is 16.3. The van der Waals surface area contributed by atoms with Crippen LogP contribution in [0.1, 0.15) is 133 Å². The molecule has 0 saturated carbocycles. The molecule has 0 heterocycles. The van der Waals surface area contributed by atoms with Crippen molar-refractivity contribution in [3.05, 3.63) is 23.8 Å². The average Bonchev–Trinajstić information content (AvgIpc) is 2.72. The third-order valence-electron chi connectivity index (χ3n) is 5.80. The highest BCUT2D eigenvalue weighted by Crippen LogP contribution is 2.25. The lowest BCUT2D eigenvalue weighted by Gasteiger charge is -2.04. The van der Waals surface area contributed by atoms with E-state index < -0.39 is 0 Å². The highest BCUT2D eigenvalue weighted by molar-refractivity contribution is 5.96. The van der Waals surface area contributed by atoms with Crippen molar-refractivity contribution in [3.8, 4) is 11.5 Å². The van der Waals surface area contributed by atoms with Crippen LogP contribution in [-0.2, 0) is 0 Å². The lowest BCUT2D eigenvalue weighted by Crippen LogP contribution is -1.98. The fraction of sp³-hybridized carbons (Fsp3) is 0.731. The second kappa shape index (κ2) is 17.4. The molecule has 0 fully saturated rings. The van der Waals surface area contributed by atoms with Gasteiger partial charge in [0, 0.05) is 12.0 Å². The number of phenols is 2. The topological polar surface area (TPSA) is 57.5 Å². The van der Waals surface area contributed by atoms with Crippen LogP contribution in [0, 0.1) is 0 Å². The molecule has 0 aliphatic rings. The number of hydrogen-bond acceptors (Lipinski definition) is 3. The maximum Gasteiger partial charge on any atom is 0.163 e. The minimum atomic E-state index is -0.224. The minimum absolute atomic E-state index is 0.0428. The van der Waals surface area contributed by atoms with Gasteiger partial charge < -0.3 is 10.2 Å². The van der Waals surface area contributed by atoms with Crippen molar-refractivity contribution in [3.63, 3.8) is 0 Å². The third-order valence-corrected chi connectivity index (χ3v) is 5.80. The molecule has 1 aromatic carbocycles. The molecule has 29 heavy (non-hydrogen) atoms. The number of hydrogen-bond donors (Lipinski definition) is 2. The van der Waals surface area contributed by atoms with Crippen molar-refractivity contribution in [1.29, 1.82) is 0 Å². The van der Waals surface area contributed by atoms with Crippen LogP contribution in [0.15, 0.2) is 18.2 Å². The van der Waals surface area contributed by atoms with Crippen LogP contribution in [0.4, 0.5) is 0 Å². The second-order valence-electron chi connectivity index (χ2n) is 8.53. The Bertz CT molecular complexity index is 539. The maximum atomic E-state index is 12.1. The maximum absolute atomic E-state index is 12.1. The number of ketones is 1. The minimum Gasteiger partial charge on any atom is -0.504 e. The highest BCUT2D eigenvalue weighted by Gasteiger charge is 2.08. The summed E-state index contributed by atoms with van der Waals surface area (Å²) in [5, 5.41) is 18.8. The van der Waals surface area contributed by atoms with Crippen LogP contribution >= 0.6 is 0 Å². The van der Waals surface area contributed by atoms with Gasteiger partial charge >= 0.3 is 0 Å². The molecule has 0 amide bonds. The number of carbonyl (C=O) groups is 1. The molecule has 1 rings (SSSR count). The van der Waals surface area contributed by atoms with E-state index in [0.29, 0.717) is 12.0 Å². The molecule has 2 N–H and O–H groups in total. The third kappa shape index (κ3) is 13.4. The van der Waals surface area contributed by atoms with E-state index in [1.54, 1.807) is 6.07 Å². The number of benzene rings is 1. The predicted octanol–water partition coefficient (Wildman–Crippen LogP) is 8.32. The van der Waals surface area contributed by atoms with Crippen molar-refractivity contribution in [2.24, 2.45) is 0 Å². The molecule has 0 radical (unpaired) electrons. The molecule has 0 aromatic heterocycles. The fourth-order valence-corrected chi connectivity index (χ4v) is 3.85. The Morgan fingerprint density at radius 2 is 1.03 bits per heavy atom. The van der Waals surface area contributed by atoms with E-state index in [-0.39, 0.29) is 17.3 Å². The van der Waals surface area contributed by atoms with E-state index in [1.165, 1.54) is 108 Å². The fourth-order valence-electron chi connectivity index (χ4n) is 3.85. The van der Waals surface area contributed by atoms with E-state index >= 15 is 0 Å². The van der Waals surface area contributed by atoms with Gasteiger partial charge in [-0.15, -0.1) is 0 Å². The molecule has 0 unspecified atom stereocenters. The summed E-state index contributed by atoms with van der Waals surface area (Å²) in [4.78, 5) is 12.1. The summed E-state index contributed by atoms with van der Waals surface area (Å²) in [7, 11) is 0. The standard InChI is InChI=1S/C26H44O3/c1-2-3-4-5-6-7-8-9-10-11-12-13-14-15-16-17-18-19-24(27)23-20-21-25(28)26(29)22-23/h20-22,28-29H,2-19H2,1H3. The van der Waals surface area contributed by atoms with Crippen LogP contribution in [-0.4, -0.2) is 16.0 Å².